The number of aryl methyl sites for hydroxylation is 1. The fourth-order valence-electron chi connectivity index (χ4n) is 11.1. The summed E-state index contributed by atoms with van der Waals surface area (Å²) in [4.78, 5) is 72.3. The molecule has 0 saturated carbocycles. The Morgan fingerprint density at radius 2 is 1.40 bits per heavy atom. The van der Waals surface area contributed by atoms with Crippen LogP contribution in [0, 0.1) is 5.41 Å². The maximum Gasteiger partial charge on any atom is 0.262 e. The molecule has 5 heterocycles. The average molecular weight is 806 g/mol. The number of rotatable bonds is 6. The van der Waals surface area contributed by atoms with Gasteiger partial charge in [0.2, 0.25) is 17.7 Å². The number of piperidine rings is 3. The summed E-state index contributed by atoms with van der Waals surface area (Å²) in [6, 6.07) is 28.5. The highest BCUT2D eigenvalue weighted by molar-refractivity contribution is 6.23. The number of nitrogens with one attached hydrogen (secondary N) is 1. The number of carbonyl (C=O) groups excluding carboxylic acids is 5. The molecule has 4 aromatic rings. The highest BCUT2D eigenvalue weighted by Gasteiger charge is 2.45. The Bertz CT molecular complexity index is 2380. The molecule has 3 saturated heterocycles. The van der Waals surface area contributed by atoms with Crippen molar-refractivity contribution >= 4 is 35.2 Å². The molecular formula is C49H51N5O6. The lowest BCUT2D eigenvalue weighted by Crippen LogP contribution is -2.54. The molecule has 6 aliphatic rings. The van der Waals surface area contributed by atoms with Gasteiger partial charge >= 0.3 is 0 Å². The molecule has 3 fully saturated rings. The quantitative estimate of drug-likeness (QED) is 0.230. The molecule has 60 heavy (non-hydrogen) atoms. The molecule has 1 aliphatic carbocycles. The van der Waals surface area contributed by atoms with Gasteiger partial charge in [-0.2, -0.15) is 0 Å². The van der Waals surface area contributed by atoms with E-state index in [0.29, 0.717) is 43.1 Å². The number of imide groups is 2. The molecule has 0 bridgehead atoms. The molecule has 0 aromatic heterocycles. The van der Waals surface area contributed by atoms with Crippen LogP contribution in [0.15, 0.2) is 84.9 Å². The van der Waals surface area contributed by atoms with Gasteiger partial charge in [-0.15, -0.1) is 0 Å². The SMILES string of the molecule is O=C1CC[C@@H](N2C(=O)c3cc4c(cc3C2=O)CN(C(=O)CN2CCC3(CC2)CCN(c2ccc([C@@H]5c6ccc(O)cc6CC[C@@H]5c5ccccc5)cc2)CC3)CC4)C(=O)N1. The van der Waals surface area contributed by atoms with Crippen molar-refractivity contribution in [3.05, 3.63) is 129 Å². The van der Waals surface area contributed by atoms with Crippen LogP contribution >= 0.6 is 0 Å². The van der Waals surface area contributed by atoms with E-state index >= 15 is 0 Å². The fraction of sp³-hybridized carbons (Fsp3) is 0.408. The molecule has 3 atom stereocenters. The summed E-state index contributed by atoms with van der Waals surface area (Å²) in [5.41, 5.74) is 9.15. The van der Waals surface area contributed by atoms with E-state index in [1.54, 1.807) is 12.1 Å². The minimum atomic E-state index is -1.00. The van der Waals surface area contributed by atoms with Crippen molar-refractivity contribution in [3.63, 3.8) is 0 Å². The van der Waals surface area contributed by atoms with Gasteiger partial charge in [-0.3, -0.25) is 39.1 Å². The van der Waals surface area contributed by atoms with E-state index in [4.69, 9.17) is 0 Å². The van der Waals surface area contributed by atoms with Gasteiger partial charge < -0.3 is 14.9 Å². The second kappa shape index (κ2) is 15.3. The summed E-state index contributed by atoms with van der Waals surface area (Å²) in [7, 11) is 0. The second-order valence-corrected chi connectivity index (χ2v) is 18.0. The Kier molecular flexibility index (Phi) is 9.82. The van der Waals surface area contributed by atoms with Crippen LogP contribution in [-0.4, -0.2) is 94.7 Å². The first-order valence-electron chi connectivity index (χ1n) is 21.7. The topological polar surface area (TPSA) is 131 Å². The van der Waals surface area contributed by atoms with Gasteiger partial charge in [0.05, 0.1) is 17.7 Å². The molecular weight excluding hydrogens is 755 g/mol. The van der Waals surface area contributed by atoms with Gasteiger partial charge in [-0.05, 0) is 146 Å². The number of nitrogens with zero attached hydrogens (tertiary/aromatic N) is 4. The van der Waals surface area contributed by atoms with E-state index in [2.05, 4.69) is 75.8 Å². The number of phenolic OH excluding ortho intramolecular Hbond substituents is 1. The van der Waals surface area contributed by atoms with Crippen LogP contribution in [0.4, 0.5) is 5.69 Å². The van der Waals surface area contributed by atoms with Crippen molar-refractivity contribution in [2.45, 2.75) is 82.2 Å². The van der Waals surface area contributed by atoms with Gasteiger partial charge in [-0.1, -0.05) is 48.5 Å². The normalized spacial score (nSPS) is 23.9. The standard InChI is InChI=1S/C49H51N5O6/c55-37-11-13-39-34(26-37)8-12-38(31-4-2-1-3-5-31)45(39)32-6-9-36(10-7-32)52-24-19-49(20-25-52)17-22-51(23-18-49)30-44(57)53-21-16-33-27-40-41(28-35(33)29-53)48(60)54(47(40)59)42-14-15-43(56)50-46(42)58/h1-7,9-11,13,26-28,38,42,45,55H,8,12,14-25,29-30H2,(H,50,56,58)/t38-,42-,45+/m1/s1. The van der Waals surface area contributed by atoms with E-state index < -0.39 is 29.7 Å². The summed E-state index contributed by atoms with van der Waals surface area (Å²) >= 11 is 0. The summed E-state index contributed by atoms with van der Waals surface area (Å²) in [6.45, 7) is 5.13. The van der Waals surface area contributed by atoms with Crippen molar-refractivity contribution in [3.8, 4) is 5.75 Å². The predicted octanol–water partition coefficient (Wildman–Crippen LogP) is 5.92. The molecule has 11 nitrogen and oxygen atoms in total. The average Bonchev–Trinajstić information content (AvgIpc) is 3.50. The monoisotopic (exact) mass is 805 g/mol. The van der Waals surface area contributed by atoms with Crippen LogP contribution in [0.5, 0.6) is 5.75 Å². The van der Waals surface area contributed by atoms with Crippen molar-refractivity contribution < 1.29 is 29.1 Å². The van der Waals surface area contributed by atoms with Gasteiger partial charge in [0.1, 0.15) is 11.8 Å². The van der Waals surface area contributed by atoms with Crippen molar-refractivity contribution in [1.82, 2.24) is 20.0 Å². The van der Waals surface area contributed by atoms with Crippen LogP contribution < -0.4 is 10.2 Å². The number of benzene rings is 4. The van der Waals surface area contributed by atoms with Crippen molar-refractivity contribution in [2.24, 2.45) is 5.41 Å². The lowest BCUT2D eigenvalue weighted by molar-refractivity contribution is -0.136. The van der Waals surface area contributed by atoms with E-state index in [9.17, 15) is 29.1 Å². The molecule has 308 valence electrons. The molecule has 10 rings (SSSR count). The number of hydrogen-bond acceptors (Lipinski definition) is 8. The predicted molar refractivity (Wildman–Crippen MR) is 226 cm³/mol. The maximum atomic E-state index is 13.7. The molecule has 5 aliphatic heterocycles. The lowest BCUT2D eigenvalue weighted by Gasteiger charge is -2.47. The van der Waals surface area contributed by atoms with E-state index in [-0.39, 0.29) is 35.8 Å². The third-order valence-electron chi connectivity index (χ3n) is 14.7. The van der Waals surface area contributed by atoms with Crippen molar-refractivity contribution in [2.75, 3.05) is 44.2 Å². The first kappa shape index (κ1) is 38.4. The van der Waals surface area contributed by atoms with E-state index in [1.807, 2.05) is 17.0 Å². The minimum Gasteiger partial charge on any atom is -0.508 e. The number of anilines is 1. The first-order chi connectivity index (χ1) is 29.1. The number of aromatic hydroxyl groups is 1. The Labute approximate surface area is 350 Å². The van der Waals surface area contributed by atoms with Gasteiger partial charge in [0.25, 0.3) is 11.8 Å². The van der Waals surface area contributed by atoms with Gasteiger partial charge in [0, 0.05) is 44.2 Å². The zero-order chi connectivity index (χ0) is 41.1. The number of amides is 5. The van der Waals surface area contributed by atoms with Gasteiger partial charge in [0.15, 0.2) is 0 Å². The summed E-state index contributed by atoms with van der Waals surface area (Å²) in [5.74, 6) is -1.03. The zero-order valence-electron chi connectivity index (χ0n) is 33.9. The molecule has 11 heteroatoms. The number of phenols is 1. The Morgan fingerprint density at radius 3 is 2.12 bits per heavy atom. The van der Waals surface area contributed by atoms with Gasteiger partial charge in [-0.25, -0.2) is 0 Å². The Balaban J connectivity index is 0.735. The second-order valence-electron chi connectivity index (χ2n) is 18.0. The van der Waals surface area contributed by atoms with Crippen LogP contribution in [-0.2, 0) is 33.8 Å². The zero-order valence-corrected chi connectivity index (χ0v) is 33.9. The van der Waals surface area contributed by atoms with Crippen LogP contribution in [0.2, 0.25) is 0 Å². The lowest BCUT2D eigenvalue weighted by atomic mass is 9.69. The summed E-state index contributed by atoms with van der Waals surface area (Å²) in [5, 5.41) is 12.5. The highest BCUT2D eigenvalue weighted by atomic mass is 16.3. The van der Waals surface area contributed by atoms with E-state index in [1.165, 1.54) is 27.9 Å². The molecule has 2 N–H and O–H groups in total. The summed E-state index contributed by atoms with van der Waals surface area (Å²) < 4.78 is 0. The maximum absolute atomic E-state index is 13.7. The van der Waals surface area contributed by atoms with Crippen LogP contribution in [0.25, 0.3) is 0 Å². The number of likely N-dealkylation sites (tertiary alicyclic amines) is 1. The van der Waals surface area contributed by atoms with Crippen LogP contribution in [0.3, 0.4) is 0 Å². The molecule has 0 radical (unpaired) electrons. The van der Waals surface area contributed by atoms with E-state index in [0.717, 1.165) is 80.7 Å². The summed E-state index contributed by atoms with van der Waals surface area (Å²) in [6.07, 6.45) is 7.23. The third kappa shape index (κ3) is 6.96. The van der Waals surface area contributed by atoms with Crippen molar-refractivity contribution in [1.29, 1.82) is 0 Å². The number of hydrogen-bond donors (Lipinski definition) is 2. The Morgan fingerprint density at radius 1 is 0.700 bits per heavy atom. The smallest absolute Gasteiger partial charge is 0.262 e. The molecule has 1 spiro atoms. The van der Waals surface area contributed by atoms with Crippen LogP contribution in [0.1, 0.15) is 111 Å². The first-order valence-corrected chi connectivity index (χ1v) is 21.7. The Hall–Kier alpha value is -5.81. The molecule has 4 aromatic carbocycles. The fourth-order valence-corrected chi connectivity index (χ4v) is 11.1. The third-order valence-corrected chi connectivity index (χ3v) is 14.7. The molecule has 0 unspecified atom stereocenters. The highest BCUT2D eigenvalue weighted by Crippen LogP contribution is 2.48. The number of carbonyl (C=O) groups is 5. The number of fused-ring (bicyclic) bond motifs is 3. The minimum absolute atomic E-state index is 0.0751. The largest absolute Gasteiger partial charge is 0.508 e. The molecule has 5 amide bonds.